The fourth-order valence-corrected chi connectivity index (χ4v) is 2.78. The maximum Gasteiger partial charge on any atom is 0.335 e. The highest BCUT2D eigenvalue weighted by atomic mass is 32.2. The van der Waals surface area contributed by atoms with Crippen LogP contribution in [0.3, 0.4) is 0 Å². The molecule has 1 aliphatic heterocycles. The van der Waals surface area contributed by atoms with Crippen molar-refractivity contribution in [3.05, 3.63) is 29.8 Å². The lowest BCUT2D eigenvalue weighted by Crippen LogP contribution is -2.47. The molecule has 0 aromatic heterocycles. The zero-order chi connectivity index (χ0) is 15.5. The molecule has 1 aromatic rings. The molecule has 0 amide bonds. The summed E-state index contributed by atoms with van der Waals surface area (Å²) in [6.45, 7) is 3.20. The minimum absolute atomic E-state index is 0.250. The molecule has 116 valence electrons. The number of hydrogen-bond donors (Lipinski definition) is 2. The van der Waals surface area contributed by atoms with Gasteiger partial charge < -0.3 is 10.0 Å². The second-order valence-corrected chi connectivity index (χ2v) is 6.54. The molecule has 1 aliphatic rings. The first-order valence-electron chi connectivity index (χ1n) is 6.61. The number of piperazine rings is 1. The Kier molecular flexibility index (Phi) is 4.81. The van der Waals surface area contributed by atoms with Crippen LogP contribution in [0.1, 0.15) is 10.4 Å². The molecule has 21 heavy (non-hydrogen) atoms. The molecule has 2 rings (SSSR count). The number of nitrogens with zero attached hydrogens (tertiary/aromatic N) is 2. The molecule has 8 heteroatoms. The number of benzene rings is 1. The lowest BCUT2D eigenvalue weighted by Gasteiger charge is -2.35. The number of rotatable bonds is 5. The highest BCUT2D eigenvalue weighted by Gasteiger charge is 2.18. The van der Waals surface area contributed by atoms with Gasteiger partial charge in [0.15, 0.2) is 0 Å². The van der Waals surface area contributed by atoms with Gasteiger partial charge in [-0.05, 0) is 24.3 Å². The van der Waals surface area contributed by atoms with Gasteiger partial charge in [0.05, 0.1) is 11.3 Å². The Morgan fingerprint density at radius 3 is 2.14 bits per heavy atom. The summed E-state index contributed by atoms with van der Waals surface area (Å²) in [5.74, 6) is -1.20. The Hall–Kier alpha value is -1.64. The molecule has 2 N–H and O–H groups in total. The van der Waals surface area contributed by atoms with Crippen molar-refractivity contribution in [2.24, 2.45) is 0 Å². The van der Waals surface area contributed by atoms with Gasteiger partial charge in [0.2, 0.25) is 0 Å². The van der Waals surface area contributed by atoms with Crippen molar-refractivity contribution in [1.82, 2.24) is 4.90 Å². The van der Waals surface area contributed by atoms with Crippen LogP contribution >= 0.6 is 0 Å². The normalized spacial score (nSPS) is 16.9. The van der Waals surface area contributed by atoms with Crippen LogP contribution in [0, 0.1) is 0 Å². The van der Waals surface area contributed by atoms with Crippen molar-refractivity contribution < 1.29 is 22.9 Å². The fourth-order valence-electron chi connectivity index (χ4n) is 2.29. The molecule has 0 aliphatic carbocycles. The minimum Gasteiger partial charge on any atom is -0.478 e. The monoisotopic (exact) mass is 314 g/mol. The van der Waals surface area contributed by atoms with E-state index in [2.05, 4.69) is 4.90 Å². The van der Waals surface area contributed by atoms with Crippen molar-refractivity contribution >= 4 is 21.8 Å². The van der Waals surface area contributed by atoms with E-state index in [1.807, 2.05) is 4.90 Å². The van der Waals surface area contributed by atoms with Gasteiger partial charge in [-0.25, -0.2) is 4.79 Å². The third kappa shape index (κ3) is 4.69. The van der Waals surface area contributed by atoms with E-state index in [1.165, 1.54) is 0 Å². The quantitative estimate of drug-likeness (QED) is 0.759. The summed E-state index contributed by atoms with van der Waals surface area (Å²) in [6, 6.07) is 6.69. The molecular weight excluding hydrogens is 296 g/mol. The van der Waals surface area contributed by atoms with E-state index in [1.54, 1.807) is 24.3 Å². The van der Waals surface area contributed by atoms with Crippen molar-refractivity contribution in [1.29, 1.82) is 0 Å². The van der Waals surface area contributed by atoms with Crippen LogP contribution in [0.4, 0.5) is 5.69 Å². The van der Waals surface area contributed by atoms with Gasteiger partial charge in [0.25, 0.3) is 10.1 Å². The molecule has 0 saturated carbocycles. The molecule has 0 bridgehead atoms. The van der Waals surface area contributed by atoms with Crippen LogP contribution < -0.4 is 4.90 Å². The SMILES string of the molecule is O=C(O)c1ccc(N2CCN(CCS(=O)(=O)O)CC2)cc1. The number of carboxylic acid groups (broad SMARTS) is 1. The van der Waals surface area contributed by atoms with Crippen molar-refractivity contribution in [3.8, 4) is 0 Å². The summed E-state index contributed by atoms with van der Waals surface area (Å²) >= 11 is 0. The van der Waals surface area contributed by atoms with E-state index in [-0.39, 0.29) is 11.3 Å². The summed E-state index contributed by atoms with van der Waals surface area (Å²) in [4.78, 5) is 14.9. The Labute approximate surface area is 123 Å². The van der Waals surface area contributed by atoms with E-state index in [9.17, 15) is 13.2 Å². The molecule has 1 aromatic carbocycles. The summed E-state index contributed by atoms with van der Waals surface area (Å²) < 4.78 is 30.2. The highest BCUT2D eigenvalue weighted by molar-refractivity contribution is 7.85. The summed E-state index contributed by atoms with van der Waals surface area (Å²) in [5.41, 5.74) is 1.21. The van der Waals surface area contributed by atoms with Crippen molar-refractivity contribution in [2.45, 2.75) is 0 Å². The first-order valence-corrected chi connectivity index (χ1v) is 8.22. The van der Waals surface area contributed by atoms with Crippen molar-refractivity contribution in [2.75, 3.05) is 43.4 Å². The van der Waals surface area contributed by atoms with Gasteiger partial charge in [-0.2, -0.15) is 8.42 Å². The molecule has 0 spiro atoms. The summed E-state index contributed by atoms with van der Waals surface area (Å²) in [5, 5.41) is 8.86. The molecule has 0 unspecified atom stereocenters. The Morgan fingerprint density at radius 1 is 1.10 bits per heavy atom. The Morgan fingerprint density at radius 2 is 1.67 bits per heavy atom. The van der Waals surface area contributed by atoms with Crippen LogP contribution in [-0.2, 0) is 10.1 Å². The van der Waals surface area contributed by atoms with E-state index in [0.717, 1.165) is 18.8 Å². The largest absolute Gasteiger partial charge is 0.478 e. The van der Waals surface area contributed by atoms with Gasteiger partial charge in [-0.1, -0.05) is 0 Å². The van der Waals surface area contributed by atoms with Gasteiger partial charge >= 0.3 is 5.97 Å². The van der Waals surface area contributed by atoms with Gasteiger partial charge in [-0.15, -0.1) is 0 Å². The molecule has 7 nitrogen and oxygen atoms in total. The molecule has 1 saturated heterocycles. The molecule has 0 radical (unpaired) electrons. The van der Waals surface area contributed by atoms with Crippen LogP contribution in [-0.4, -0.2) is 67.4 Å². The van der Waals surface area contributed by atoms with Crippen LogP contribution in [0.5, 0.6) is 0 Å². The average Bonchev–Trinajstić information content (AvgIpc) is 2.45. The number of carboxylic acids is 1. The zero-order valence-corrected chi connectivity index (χ0v) is 12.3. The molecule has 0 atom stereocenters. The Bertz CT molecular complexity index is 591. The van der Waals surface area contributed by atoms with Crippen LogP contribution in [0.2, 0.25) is 0 Å². The van der Waals surface area contributed by atoms with E-state index < -0.39 is 16.1 Å². The van der Waals surface area contributed by atoms with Gasteiger partial charge in [0.1, 0.15) is 0 Å². The fraction of sp³-hybridized carbons (Fsp3) is 0.462. The highest BCUT2D eigenvalue weighted by Crippen LogP contribution is 2.17. The second-order valence-electron chi connectivity index (χ2n) is 4.97. The maximum absolute atomic E-state index is 10.8. The maximum atomic E-state index is 10.8. The topological polar surface area (TPSA) is 98.2 Å². The second kappa shape index (κ2) is 6.42. The molecule has 1 heterocycles. The average molecular weight is 314 g/mol. The standard InChI is InChI=1S/C13H18N2O5S/c16-13(17)11-1-3-12(4-2-11)15-7-5-14(6-8-15)9-10-21(18,19)20/h1-4H,5-10H2,(H,16,17)(H,18,19,20). The minimum atomic E-state index is -3.91. The first-order chi connectivity index (χ1) is 9.85. The third-order valence-corrected chi connectivity index (χ3v) is 4.22. The van der Waals surface area contributed by atoms with E-state index in [4.69, 9.17) is 9.66 Å². The van der Waals surface area contributed by atoms with Gasteiger partial charge in [-0.3, -0.25) is 9.45 Å². The lowest BCUT2D eigenvalue weighted by atomic mass is 10.2. The van der Waals surface area contributed by atoms with E-state index in [0.29, 0.717) is 19.6 Å². The lowest BCUT2D eigenvalue weighted by molar-refractivity contribution is 0.0697. The van der Waals surface area contributed by atoms with E-state index >= 15 is 0 Å². The van der Waals surface area contributed by atoms with Crippen molar-refractivity contribution in [3.63, 3.8) is 0 Å². The van der Waals surface area contributed by atoms with Crippen LogP contribution in [0.15, 0.2) is 24.3 Å². The number of hydrogen-bond acceptors (Lipinski definition) is 5. The van der Waals surface area contributed by atoms with Crippen LogP contribution in [0.25, 0.3) is 0 Å². The number of anilines is 1. The smallest absolute Gasteiger partial charge is 0.335 e. The molecule has 1 fully saturated rings. The number of carbonyl (C=O) groups is 1. The summed E-state index contributed by atoms with van der Waals surface area (Å²) in [6.07, 6.45) is 0. The molecular formula is C13H18N2O5S. The predicted octanol–water partition coefficient (Wildman–Crippen LogP) is 0.395. The Balaban J connectivity index is 1.87. The zero-order valence-electron chi connectivity index (χ0n) is 11.5. The summed E-state index contributed by atoms with van der Waals surface area (Å²) in [7, 11) is -3.91. The first kappa shape index (κ1) is 15.7. The predicted molar refractivity (Wildman–Crippen MR) is 78.5 cm³/mol. The third-order valence-electron chi connectivity index (χ3n) is 3.52. The van der Waals surface area contributed by atoms with Gasteiger partial charge in [0, 0.05) is 38.4 Å². The number of aromatic carboxylic acids is 1.